The molecule has 0 unspecified atom stereocenters. The summed E-state index contributed by atoms with van der Waals surface area (Å²) in [6, 6.07) is 3.53. The molecule has 0 amide bonds. The fourth-order valence-corrected chi connectivity index (χ4v) is 2.61. The Balaban J connectivity index is 3.21. The molecule has 0 radical (unpaired) electrons. The van der Waals surface area contributed by atoms with Gasteiger partial charge in [0.2, 0.25) is 10.0 Å². The van der Waals surface area contributed by atoms with Gasteiger partial charge < -0.3 is 5.11 Å². The first-order chi connectivity index (χ1) is 7.37. The third-order valence-electron chi connectivity index (χ3n) is 2.09. The Morgan fingerprint density at radius 1 is 1.44 bits per heavy atom. The second-order valence-corrected chi connectivity index (χ2v) is 6.11. The first-order valence-electron chi connectivity index (χ1n) is 4.63. The number of benzene rings is 1. The molecule has 0 saturated heterocycles. The van der Waals surface area contributed by atoms with Crippen LogP contribution in [-0.4, -0.2) is 26.0 Å². The van der Waals surface area contributed by atoms with E-state index in [4.69, 9.17) is 5.11 Å². The van der Waals surface area contributed by atoms with Crippen LogP contribution >= 0.6 is 11.8 Å². The smallest absolute Gasteiger partial charge is 0.229 e. The van der Waals surface area contributed by atoms with Gasteiger partial charge in [0, 0.05) is 4.90 Å². The van der Waals surface area contributed by atoms with E-state index in [1.54, 1.807) is 19.1 Å². The van der Waals surface area contributed by atoms with Crippen molar-refractivity contribution in [2.45, 2.75) is 18.4 Å². The van der Waals surface area contributed by atoms with E-state index in [1.807, 2.05) is 6.26 Å². The van der Waals surface area contributed by atoms with Gasteiger partial charge in [-0.3, -0.25) is 4.72 Å². The van der Waals surface area contributed by atoms with Crippen molar-refractivity contribution in [1.82, 2.24) is 0 Å². The Hall–Kier alpha value is -0.720. The molecule has 0 heterocycles. The van der Waals surface area contributed by atoms with Crippen molar-refractivity contribution in [3.63, 3.8) is 0 Å². The molecule has 2 N–H and O–H groups in total. The molecule has 0 fully saturated rings. The maximum absolute atomic E-state index is 11.1. The van der Waals surface area contributed by atoms with E-state index in [9.17, 15) is 8.42 Å². The molecule has 16 heavy (non-hydrogen) atoms. The van der Waals surface area contributed by atoms with Crippen molar-refractivity contribution in [2.75, 3.05) is 17.2 Å². The third kappa shape index (κ3) is 3.40. The molecule has 4 nitrogen and oxygen atoms in total. The third-order valence-corrected chi connectivity index (χ3v) is 3.50. The average Bonchev–Trinajstić information content (AvgIpc) is 2.18. The highest BCUT2D eigenvalue weighted by atomic mass is 32.2. The van der Waals surface area contributed by atoms with Crippen molar-refractivity contribution in [3.8, 4) is 0 Å². The summed E-state index contributed by atoms with van der Waals surface area (Å²) in [7, 11) is -3.27. The maximum Gasteiger partial charge on any atom is 0.229 e. The molecule has 1 aromatic rings. The first-order valence-corrected chi connectivity index (χ1v) is 7.75. The summed E-state index contributed by atoms with van der Waals surface area (Å²) in [6.45, 7) is 1.76. The van der Waals surface area contributed by atoms with E-state index >= 15 is 0 Å². The Morgan fingerprint density at radius 2 is 2.06 bits per heavy atom. The van der Waals surface area contributed by atoms with Crippen LogP contribution in [0.15, 0.2) is 17.0 Å². The van der Waals surface area contributed by atoms with Gasteiger partial charge in [0.05, 0.1) is 18.6 Å². The zero-order chi connectivity index (χ0) is 12.3. The minimum atomic E-state index is -3.27. The van der Waals surface area contributed by atoms with Crippen LogP contribution in [0.5, 0.6) is 0 Å². The van der Waals surface area contributed by atoms with E-state index < -0.39 is 10.0 Å². The fourth-order valence-electron chi connectivity index (χ4n) is 1.37. The summed E-state index contributed by atoms with van der Waals surface area (Å²) in [5.74, 6) is 0. The number of aliphatic hydroxyl groups excluding tert-OH is 1. The van der Waals surface area contributed by atoms with E-state index in [1.165, 1.54) is 11.8 Å². The second-order valence-electron chi connectivity index (χ2n) is 3.51. The minimum absolute atomic E-state index is 0.0455. The van der Waals surface area contributed by atoms with Crippen LogP contribution in [0.25, 0.3) is 0 Å². The highest BCUT2D eigenvalue weighted by Gasteiger charge is 2.09. The van der Waals surface area contributed by atoms with E-state index in [2.05, 4.69) is 4.72 Å². The van der Waals surface area contributed by atoms with Gasteiger partial charge in [0.25, 0.3) is 0 Å². The van der Waals surface area contributed by atoms with Gasteiger partial charge in [0.15, 0.2) is 0 Å². The molecule has 0 atom stereocenters. The van der Waals surface area contributed by atoms with Crippen molar-refractivity contribution >= 4 is 27.5 Å². The Labute approximate surface area is 100 Å². The van der Waals surface area contributed by atoms with E-state index in [0.29, 0.717) is 5.69 Å². The van der Waals surface area contributed by atoms with Crippen LogP contribution in [0, 0.1) is 6.92 Å². The predicted molar refractivity (Wildman–Crippen MR) is 67.3 cm³/mol. The fraction of sp³-hybridized carbons (Fsp3) is 0.400. The SMILES string of the molecule is CSc1cc(NS(C)(=O)=O)c(C)cc1CO. The number of hydrogen-bond donors (Lipinski definition) is 2. The molecule has 1 rings (SSSR count). The van der Waals surface area contributed by atoms with E-state index in [-0.39, 0.29) is 6.61 Å². The lowest BCUT2D eigenvalue weighted by atomic mass is 10.1. The standard InChI is InChI=1S/C10H15NO3S2/c1-7-4-8(6-12)10(15-2)5-9(7)11-16(3,13)14/h4-5,11-12H,6H2,1-3H3. The van der Waals surface area contributed by atoms with Crippen molar-refractivity contribution in [3.05, 3.63) is 23.3 Å². The number of anilines is 1. The zero-order valence-corrected chi connectivity index (χ0v) is 11.1. The summed E-state index contributed by atoms with van der Waals surface area (Å²) in [4.78, 5) is 0.874. The van der Waals surface area contributed by atoms with Crippen LogP contribution in [0.1, 0.15) is 11.1 Å². The van der Waals surface area contributed by atoms with Crippen molar-refractivity contribution in [1.29, 1.82) is 0 Å². The molecule has 0 bridgehead atoms. The number of aliphatic hydroxyl groups is 1. The molecule has 0 aliphatic rings. The molecule has 0 saturated carbocycles. The first kappa shape index (κ1) is 13.3. The van der Waals surface area contributed by atoms with Gasteiger partial charge in [-0.2, -0.15) is 0 Å². The highest BCUT2D eigenvalue weighted by molar-refractivity contribution is 7.98. The summed E-state index contributed by atoms with van der Waals surface area (Å²) in [6.07, 6.45) is 3.00. The summed E-state index contributed by atoms with van der Waals surface area (Å²) >= 11 is 1.47. The number of thioether (sulfide) groups is 1. The molecule has 90 valence electrons. The van der Waals surface area contributed by atoms with Gasteiger partial charge in [-0.05, 0) is 30.4 Å². The topological polar surface area (TPSA) is 66.4 Å². The Bertz CT molecular complexity index is 483. The quantitative estimate of drug-likeness (QED) is 0.808. The largest absolute Gasteiger partial charge is 0.392 e. The lowest BCUT2D eigenvalue weighted by molar-refractivity contribution is 0.279. The minimum Gasteiger partial charge on any atom is -0.392 e. The second kappa shape index (κ2) is 5.07. The number of rotatable bonds is 4. The Morgan fingerprint density at radius 3 is 2.50 bits per heavy atom. The van der Waals surface area contributed by atoms with Gasteiger partial charge in [0.1, 0.15) is 0 Å². The maximum atomic E-state index is 11.1. The number of aryl methyl sites for hydroxylation is 1. The molecule has 0 aliphatic carbocycles. The Kier molecular flexibility index (Phi) is 4.23. The number of hydrogen-bond acceptors (Lipinski definition) is 4. The normalized spacial score (nSPS) is 11.5. The summed E-state index contributed by atoms with van der Waals surface area (Å²) < 4.78 is 24.7. The molecular weight excluding hydrogens is 246 g/mol. The zero-order valence-electron chi connectivity index (χ0n) is 9.44. The van der Waals surface area contributed by atoms with Crippen LogP contribution in [-0.2, 0) is 16.6 Å². The van der Waals surface area contributed by atoms with Gasteiger partial charge in [-0.1, -0.05) is 6.07 Å². The molecule has 0 spiro atoms. The lowest BCUT2D eigenvalue weighted by Crippen LogP contribution is -2.11. The van der Waals surface area contributed by atoms with E-state index in [0.717, 1.165) is 22.3 Å². The number of sulfonamides is 1. The van der Waals surface area contributed by atoms with Crippen LogP contribution in [0.2, 0.25) is 0 Å². The summed E-state index contributed by atoms with van der Waals surface area (Å²) in [5, 5.41) is 9.15. The lowest BCUT2D eigenvalue weighted by Gasteiger charge is -2.12. The molecule has 0 aliphatic heterocycles. The molecular formula is C10H15NO3S2. The van der Waals surface area contributed by atoms with Crippen molar-refractivity contribution < 1.29 is 13.5 Å². The van der Waals surface area contributed by atoms with Gasteiger partial charge in [-0.25, -0.2) is 8.42 Å². The molecule has 6 heteroatoms. The van der Waals surface area contributed by atoms with Crippen LogP contribution in [0.3, 0.4) is 0 Å². The highest BCUT2D eigenvalue weighted by Crippen LogP contribution is 2.28. The molecule has 1 aromatic carbocycles. The monoisotopic (exact) mass is 261 g/mol. The molecule has 0 aromatic heterocycles. The number of nitrogens with one attached hydrogen (secondary N) is 1. The van der Waals surface area contributed by atoms with Gasteiger partial charge in [-0.15, -0.1) is 11.8 Å². The van der Waals surface area contributed by atoms with Crippen molar-refractivity contribution in [2.24, 2.45) is 0 Å². The van der Waals surface area contributed by atoms with Crippen LogP contribution in [0.4, 0.5) is 5.69 Å². The predicted octanol–water partition coefficient (Wildman–Crippen LogP) is 1.58. The van der Waals surface area contributed by atoms with Crippen LogP contribution < -0.4 is 4.72 Å². The average molecular weight is 261 g/mol. The van der Waals surface area contributed by atoms with Gasteiger partial charge >= 0.3 is 0 Å². The summed E-state index contributed by atoms with van der Waals surface area (Å²) in [5.41, 5.74) is 2.17.